The van der Waals surface area contributed by atoms with Crippen LogP contribution in [0.4, 0.5) is 24.5 Å². The molecule has 5 nitrogen and oxygen atoms in total. The first-order valence-electron chi connectivity index (χ1n) is 6.70. The fourth-order valence-corrected chi connectivity index (χ4v) is 2.00. The van der Waals surface area contributed by atoms with Crippen molar-refractivity contribution in [3.8, 4) is 0 Å². The lowest BCUT2D eigenvalue weighted by Crippen LogP contribution is -2.10. The predicted octanol–water partition coefficient (Wildman–Crippen LogP) is 3.83. The van der Waals surface area contributed by atoms with E-state index in [4.69, 9.17) is 0 Å². The first-order valence-corrected chi connectivity index (χ1v) is 6.70. The molecule has 2 aromatic carbocycles. The fraction of sp³-hybridized carbons (Fsp3) is 0.125. The Morgan fingerprint density at radius 2 is 1.96 bits per heavy atom. The molecule has 2 N–H and O–H groups in total. The monoisotopic (exact) mass is 338 g/mol. The van der Waals surface area contributed by atoms with Crippen LogP contribution in [-0.2, 0) is 4.84 Å². The van der Waals surface area contributed by atoms with Gasteiger partial charge in [0.15, 0.2) is 11.6 Å². The van der Waals surface area contributed by atoms with E-state index >= 15 is 0 Å². The normalized spacial score (nSPS) is 10.9. The minimum Gasteiger partial charge on any atom is -0.478 e. The highest BCUT2D eigenvalue weighted by Crippen LogP contribution is 2.29. The Morgan fingerprint density at radius 1 is 1.25 bits per heavy atom. The lowest BCUT2D eigenvalue weighted by Gasteiger charge is -2.13. The molecule has 0 bridgehead atoms. The molecule has 0 radical (unpaired) electrons. The summed E-state index contributed by atoms with van der Waals surface area (Å²) in [6.45, 7) is 1.65. The summed E-state index contributed by atoms with van der Waals surface area (Å²) in [5.74, 6) is -5.05. The minimum absolute atomic E-state index is 0.181. The third-order valence-electron chi connectivity index (χ3n) is 3.15. The molecule has 0 spiro atoms. The Kier molecular flexibility index (Phi) is 5.08. The molecule has 0 heterocycles. The average molecular weight is 338 g/mol. The van der Waals surface area contributed by atoms with Crippen LogP contribution in [0.2, 0.25) is 0 Å². The number of oxime groups is 1. The quantitative estimate of drug-likeness (QED) is 0.642. The average Bonchev–Trinajstić information content (AvgIpc) is 2.53. The number of anilines is 2. The zero-order chi connectivity index (χ0) is 17.9. The molecule has 0 unspecified atom stereocenters. The van der Waals surface area contributed by atoms with Gasteiger partial charge in [0.1, 0.15) is 12.9 Å². The maximum Gasteiger partial charge on any atom is 0.337 e. The van der Waals surface area contributed by atoms with E-state index < -0.39 is 40.2 Å². The SMILES string of the molecule is CO/N=C/c1cc(C(=O)O)c(Nc2ccc(C)cc2F)c(F)c1F. The highest BCUT2D eigenvalue weighted by molar-refractivity contribution is 5.98. The van der Waals surface area contributed by atoms with Crippen molar-refractivity contribution in [2.45, 2.75) is 6.92 Å². The number of aromatic carboxylic acids is 1. The van der Waals surface area contributed by atoms with Crippen molar-refractivity contribution in [2.75, 3.05) is 12.4 Å². The summed E-state index contributed by atoms with van der Waals surface area (Å²) in [7, 11) is 1.19. The maximum atomic E-state index is 14.3. The molecule has 0 amide bonds. The van der Waals surface area contributed by atoms with Crippen LogP contribution in [0.1, 0.15) is 21.5 Å². The first-order chi connectivity index (χ1) is 11.3. The van der Waals surface area contributed by atoms with Crippen molar-refractivity contribution in [1.82, 2.24) is 0 Å². The lowest BCUT2D eigenvalue weighted by molar-refractivity contribution is 0.0697. The second-order valence-corrected chi connectivity index (χ2v) is 4.85. The molecular formula is C16H13F3N2O3. The molecule has 0 fully saturated rings. The van der Waals surface area contributed by atoms with Crippen LogP contribution in [0.15, 0.2) is 29.4 Å². The second kappa shape index (κ2) is 7.03. The van der Waals surface area contributed by atoms with Crippen LogP contribution in [-0.4, -0.2) is 24.4 Å². The van der Waals surface area contributed by atoms with Crippen LogP contribution in [0.25, 0.3) is 0 Å². The number of carboxylic acid groups (broad SMARTS) is 1. The summed E-state index contributed by atoms with van der Waals surface area (Å²) in [5.41, 5.74) is -1.24. The van der Waals surface area contributed by atoms with Gasteiger partial charge >= 0.3 is 5.97 Å². The third-order valence-corrected chi connectivity index (χ3v) is 3.15. The van der Waals surface area contributed by atoms with Gasteiger partial charge in [-0.3, -0.25) is 0 Å². The highest BCUT2D eigenvalue weighted by Gasteiger charge is 2.22. The van der Waals surface area contributed by atoms with E-state index in [0.29, 0.717) is 5.56 Å². The number of rotatable bonds is 5. The summed E-state index contributed by atoms with van der Waals surface area (Å²) in [6, 6.07) is 4.89. The number of carboxylic acids is 1. The fourth-order valence-electron chi connectivity index (χ4n) is 2.00. The van der Waals surface area contributed by atoms with Gasteiger partial charge in [0.2, 0.25) is 0 Å². The third kappa shape index (κ3) is 3.48. The van der Waals surface area contributed by atoms with Gasteiger partial charge in [-0.2, -0.15) is 0 Å². The van der Waals surface area contributed by atoms with Crippen molar-refractivity contribution in [1.29, 1.82) is 0 Å². The number of halogens is 3. The van der Waals surface area contributed by atoms with Gasteiger partial charge in [-0.25, -0.2) is 18.0 Å². The Morgan fingerprint density at radius 3 is 2.54 bits per heavy atom. The Labute approximate surface area is 135 Å². The van der Waals surface area contributed by atoms with Crippen LogP contribution < -0.4 is 5.32 Å². The summed E-state index contributed by atoms with van der Waals surface area (Å²) in [4.78, 5) is 15.7. The Balaban J connectivity index is 2.58. The van der Waals surface area contributed by atoms with Gasteiger partial charge in [0.05, 0.1) is 23.2 Å². The summed E-state index contributed by atoms with van der Waals surface area (Å²) in [6.07, 6.45) is 0.834. The number of carbonyl (C=O) groups is 1. The number of nitrogens with one attached hydrogen (secondary N) is 1. The highest BCUT2D eigenvalue weighted by atomic mass is 19.2. The molecule has 2 aromatic rings. The summed E-state index contributed by atoms with van der Waals surface area (Å²) in [5, 5.41) is 14.8. The van der Waals surface area contributed by atoms with E-state index in [9.17, 15) is 23.1 Å². The van der Waals surface area contributed by atoms with Gasteiger partial charge in [0, 0.05) is 5.56 Å². The van der Waals surface area contributed by atoms with Crippen molar-refractivity contribution >= 4 is 23.6 Å². The molecule has 0 atom stereocenters. The van der Waals surface area contributed by atoms with Crippen molar-refractivity contribution < 1.29 is 27.9 Å². The number of aryl methyl sites for hydroxylation is 1. The maximum absolute atomic E-state index is 14.3. The summed E-state index contributed by atoms with van der Waals surface area (Å²) >= 11 is 0. The molecule has 8 heteroatoms. The number of hydrogen-bond acceptors (Lipinski definition) is 4. The molecular weight excluding hydrogens is 325 g/mol. The number of nitrogens with zero attached hydrogens (tertiary/aromatic N) is 1. The molecule has 0 saturated carbocycles. The Hall–Kier alpha value is -3.03. The smallest absolute Gasteiger partial charge is 0.337 e. The van der Waals surface area contributed by atoms with E-state index in [1.165, 1.54) is 19.2 Å². The Bertz CT molecular complexity index is 823. The van der Waals surface area contributed by atoms with Gasteiger partial charge < -0.3 is 15.3 Å². The molecule has 0 aliphatic carbocycles. The van der Waals surface area contributed by atoms with E-state index in [1.54, 1.807) is 13.0 Å². The van der Waals surface area contributed by atoms with Crippen LogP contribution >= 0.6 is 0 Å². The minimum atomic E-state index is -1.52. The van der Waals surface area contributed by atoms with Crippen LogP contribution in [0.5, 0.6) is 0 Å². The van der Waals surface area contributed by atoms with E-state index in [1.807, 2.05) is 0 Å². The standard InChI is InChI=1S/C16H13F3N2O3/c1-8-3-4-12(11(17)5-8)21-15-10(16(22)23)6-9(7-20-24-2)13(18)14(15)19/h3-7,21H,1-2H3,(H,22,23)/b20-7+. The molecule has 0 aromatic heterocycles. The number of benzene rings is 2. The van der Waals surface area contributed by atoms with Gasteiger partial charge in [-0.05, 0) is 30.7 Å². The summed E-state index contributed by atoms with van der Waals surface area (Å²) < 4.78 is 42.2. The zero-order valence-electron chi connectivity index (χ0n) is 12.7. The van der Waals surface area contributed by atoms with Gasteiger partial charge in [-0.1, -0.05) is 11.2 Å². The predicted molar refractivity (Wildman–Crippen MR) is 82.3 cm³/mol. The molecule has 0 aliphatic heterocycles. The zero-order valence-corrected chi connectivity index (χ0v) is 12.7. The van der Waals surface area contributed by atoms with Gasteiger partial charge in [-0.15, -0.1) is 0 Å². The number of hydrogen-bond donors (Lipinski definition) is 2. The second-order valence-electron chi connectivity index (χ2n) is 4.85. The largest absolute Gasteiger partial charge is 0.478 e. The molecule has 24 heavy (non-hydrogen) atoms. The van der Waals surface area contributed by atoms with Crippen molar-refractivity contribution in [3.05, 3.63) is 58.4 Å². The lowest BCUT2D eigenvalue weighted by atomic mass is 10.1. The van der Waals surface area contributed by atoms with Crippen molar-refractivity contribution in [3.63, 3.8) is 0 Å². The molecule has 0 aliphatic rings. The van der Waals surface area contributed by atoms with E-state index in [0.717, 1.165) is 12.3 Å². The topological polar surface area (TPSA) is 70.9 Å². The molecule has 0 saturated heterocycles. The van der Waals surface area contributed by atoms with Crippen LogP contribution in [0.3, 0.4) is 0 Å². The molecule has 2 rings (SSSR count). The molecule has 126 valence electrons. The van der Waals surface area contributed by atoms with Crippen molar-refractivity contribution in [2.24, 2.45) is 5.16 Å². The van der Waals surface area contributed by atoms with E-state index in [-0.39, 0.29) is 5.69 Å². The first kappa shape index (κ1) is 17.3. The van der Waals surface area contributed by atoms with E-state index in [2.05, 4.69) is 15.3 Å². The van der Waals surface area contributed by atoms with Gasteiger partial charge in [0.25, 0.3) is 0 Å². The van der Waals surface area contributed by atoms with Crippen LogP contribution in [0, 0.1) is 24.4 Å².